The Labute approximate surface area is 113 Å². The first-order valence-electron chi connectivity index (χ1n) is 6.02. The van der Waals surface area contributed by atoms with Gasteiger partial charge in [-0.1, -0.05) is 27.7 Å². The third kappa shape index (κ3) is 3.66. The Bertz CT molecular complexity index is 385. The molecule has 0 radical (unpaired) electrons. The van der Waals surface area contributed by atoms with Crippen molar-refractivity contribution in [3.8, 4) is 0 Å². The standard InChI is InChI=1S/C13H22BrN3/c1-7-11-15-10(14)8-12(16-11)17(6)9(2)13(3,4)5/h8-9H,7H2,1-6H3. The Kier molecular flexibility index (Phi) is 4.53. The van der Waals surface area contributed by atoms with E-state index >= 15 is 0 Å². The molecule has 4 heteroatoms. The average molecular weight is 300 g/mol. The van der Waals surface area contributed by atoms with Gasteiger partial charge in [-0.25, -0.2) is 9.97 Å². The molecule has 0 aliphatic rings. The molecule has 1 aromatic heterocycles. The highest BCUT2D eigenvalue weighted by Crippen LogP contribution is 2.27. The van der Waals surface area contributed by atoms with E-state index in [1.54, 1.807) is 0 Å². The van der Waals surface area contributed by atoms with Crippen molar-refractivity contribution in [1.82, 2.24) is 9.97 Å². The van der Waals surface area contributed by atoms with Gasteiger partial charge in [0, 0.05) is 25.6 Å². The van der Waals surface area contributed by atoms with Crippen molar-refractivity contribution in [2.24, 2.45) is 5.41 Å². The molecule has 0 amide bonds. The molecule has 0 aliphatic carbocycles. The van der Waals surface area contributed by atoms with Crippen molar-refractivity contribution in [3.63, 3.8) is 0 Å². The highest BCUT2D eigenvalue weighted by atomic mass is 79.9. The average Bonchev–Trinajstić information content (AvgIpc) is 2.24. The van der Waals surface area contributed by atoms with Crippen LogP contribution in [0.4, 0.5) is 5.82 Å². The molecule has 1 unspecified atom stereocenters. The van der Waals surface area contributed by atoms with Crippen LogP contribution in [0.3, 0.4) is 0 Å². The predicted molar refractivity (Wildman–Crippen MR) is 76.4 cm³/mol. The van der Waals surface area contributed by atoms with Gasteiger partial charge < -0.3 is 4.90 Å². The molecule has 0 saturated heterocycles. The van der Waals surface area contributed by atoms with Crippen molar-refractivity contribution in [2.45, 2.75) is 47.1 Å². The van der Waals surface area contributed by atoms with E-state index in [1.165, 1.54) is 0 Å². The number of nitrogens with zero attached hydrogens (tertiary/aromatic N) is 3. The summed E-state index contributed by atoms with van der Waals surface area (Å²) in [5.41, 5.74) is 0.221. The van der Waals surface area contributed by atoms with Gasteiger partial charge >= 0.3 is 0 Å². The van der Waals surface area contributed by atoms with E-state index in [0.29, 0.717) is 6.04 Å². The normalized spacial score (nSPS) is 13.6. The molecule has 0 bridgehead atoms. The van der Waals surface area contributed by atoms with Crippen LogP contribution >= 0.6 is 15.9 Å². The van der Waals surface area contributed by atoms with Crippen molar-refractivity contribution in [1.29, 1.82) is 0 Å². The first-order valence-corrected chi connectivity index (χ1v) is 6.81. The van der Waals surface area contributed by atoms with Gasteiger partial charge in [-0.2, -0.15) is 0 Å². The van der Waals surface area contributed by atoms with Gasteiger partial charge in [0.15, 0.2) is 0 Å². The molecule has 1 rings (SSSR count). The zero-order valence-electron chi connectivity index (χ0n) is 11.6. The maximum absolute atomic E-state index is 4.57. The highest BCUT2D eigenvalue weighted by Gasteiger charge is 2.25. The second kappa shape index (κ2) is 5.34. The summed E-state index contributed by atoms with van der Waals surface area (Å²) >= 11 is 3.44. The number of anilines is 1. The van der Waals surface area contributed by atoms with Crippen LogP contribution in [0.5, 0.6) is 0 Å². The summed E-state index contributed by atoms with van der Waals surface area (Å²) in [4.78, 5) is 11.1. The lowest BCUT2D eigenvalue weighted by Crippen LogP contribution is -2.40. The van der Waals surface area contributed by atoms with Crippen molar-refractivity contribution < 1.29 is 0 Å². The minimum absolute atomic E-state index is 0.221. The fourth-order valence-electron chi connectivity index (χ4n) is 1.57. The molecule has 1 heterocycles. The molecular formula is C13H22BrN3. The van der Waals surface area contributed by atoms with E-state index in [9.17, 15) is 0 Å². The Morgan fingerprint density at radius 2 is 1.94 bits per heavy atom. The molecule has 1 aromatic rings. The van der Waals surface area contributed by atoms with Gasteiger partial charge in [-0.05, 0) is 28.3 Å². The number of hydrogen-bond acceptors (Lipinski definition) is 3. The zero-order chi connectivity index (χ0) is 13.2. The third-order valence-electron chi connectivity index (χ3n) is 3.24. The molecular weight excluding hydrogens is 278 g/mol. The van der Waals surface area contributed by atoms with E-state index in [1.807, 2.05) is 6.07 Å². The Morgan fingerprint density at radius 1 is 1.35 bits per heavy atom. The lowest BCUT2D eigenvalue weighted by molar-refractivity contribution is 0.328. The second-order valence-electron chi connectivity index (χ2n) is 5.47. The number of hydrogen-bond donors (Lipinski definition) is 0. The Balaban J connectivity index is 3.03. The minimum atomic E-state index is 0.221. The van der Waals surface area contributed by atoms with Crippen LogP contribution in [0, 0.1) is 5.41 Å². The van der Waals surface area contributed by atoms with E-state index in [2.05, 4.69) is 72.5 Å². The Morgan fingerprint density at radius 3 is 2.41 bits per heavy atom. The second-order valence-corrected chi connectivity index (χ2v) is 6.28. The molecule has 0 spiro atoms. The van der Waals surface area contributed by atoms with Gasteiger partial charge in [-0.3, -0.25) is 0 Å². The summed E-state index contributed by atoms with van der Waals surface area (Å²) in [5.74, 6) is 1.86. The van der Waals surface area contributed by atoms with Gasteiger partial charge in [-0.15, -0.1) is 0 Å². The summed E-state index contributed by atoms with van der Waals surface area (Å²) < 4.78 is 0.854. The number of aromatic nitrogens is 2. The van der Waals surface area contributed by atoms with Crippen LogP contribution < -0.4 is 4.90 Å². The van der Waals surface area contributed by atoms with Crippen LogP contribution in [0.2, 0.25) is 0 Å². The van der Waals surface area contributed by atoms with Crippen LogP contribution in [0.25, 0.3) is 0 Å². The molecule has 96 valence electrons. The monoisotopic (exact) mass is 299 g/mol. The summed E-state index contributed by atoms with van der Waals surface area (Å²) in [5, 5.41) is 0. The van der Waals surface area contributed by atoms with Crippen LogP contribution in [-0.4, -0.2) is 23.1 Å². The number of aryl methyl sites for hydroxylation is 1. The third-order valence-corrected chi connectivity index (χ3v) is 3.65. The molecule has 0 fully saturated rings. The molecule has 0 aromatic carbocycles. The predicted octanol–water partition coefficient (Wildman–Crippen LogP) is 3.67. The van der Waals surface area contributed by atoms with Crippen molar-refractivity contribution in [3.05, 3.63) is 16.5 Å². The lowest BCUT2D eigenvalue weighted by Gasteiger charge is -2.36. The zero-order valence-corrected chi connectivity index (χ0v) is 13.2. The fraction of sp³-hybridized carbons (Fsp3) is 0.692. The maximum atomic E-state index is 4.57. The smallest absolute Gasteiger partial charge is 0.133 e. The van der Waals surface area contributed by atoms with E-state index < -0.39 is 0 Å². The Hall–Kier alpha value is -0.640. The number of rotatable bonds is 3. The van der Waals surface area contributed by atoms with E-state index in [4.69, 9.17) is 0 Å². The molecule has 17 heavy (non-hydrogen) atoms. The first kappa shape index (κ1) is 14.4. The molecule has 0 aliphatic heterocycles. The number of halogens is 1. The van der Waals surface area contributed by atoms with Crippen LogP contribution in [0.15, 0.2) is 10.7 Å². The van der Waals surface area contributed by atoms with E-state index in [0.717, 1.165) is 22.7 Å². The summed E-state index contributed by atoms with van der Waals surface area (Å²) in [6, 6.07) is 2.38. The minimum Gasteiger partial charge on any atom is -0.356 e. The molecule has 0 N–H and O–H groups in total. The van der Waals surface area contributed by atoms with Crippen molar-refractivity contribution in [2.75, 3.05) is 11.9 Å². The van der Waals surface area contributed by atoms with Crippen molar-refractivity contribution >= 4 is 21.7 Å². The molecule has 0 saturated carbocycles. The SMILES string of the molecule is CCc1nc(Br)cc(N(C)C(C)C(C)(C)C)n1. The largest absolute Gasteiger partial charge is 0.356 e. The quantitative estimate of drug-likeness (QED) is 0.798. The maximum Gasteiger partial charge on any atom is 0.133 e. The van der Waals surface area contributed by atoms with Crippen LogP contribution in [0.1, 0.15) is 40.4 Å². The first-order chi connectivity index (χ1) is 7.75. The van der Waals surface area contributed by atoms with Crippen LogP contribution in [-0.2, 0) is 6.42 Å². The highest BCUT2D eigenvalue weighted by molar-refractivity contribution is 9.10. The fourth-order valence-corrected chi connectivity index (χ4v) is 1.98. The summed E-state index contributed by atoms with van der Waals surface area (Å²) in [6.07, 6.45) is 0.851. The molecule has 1 atom stereocenters. The van der Waals surface area contributed by atoms with Gasteiger partial charge in [0.05, 0.1) is 0 Å². The molecule has 3 nitrogen and oxygen atoms in total. The summed E-state index contributed by atoms with van der Waals surface area (Å²) in [6.45, 7) is 11.0. The van der Waals surface area contributed by atoms with Gasteiger partial charge in [0.25, 0.3) is 0 Å². The topological polar surface area (TPSA) is 29.0 Å². The summed E-state index contributed by atoms with van der Waals surface area (Å²) in [7, 11) is 2.09. The van der Waals surface area contributed by atoms with Gasteiger partial charge in [0.2, 0.25) is 0 Å². The van der Waals surface area contributed by atoms with E-state index in [-0.39, 0.29) is 5.41 Å². The van der Waals surface area contributed by atoms with Gasteiger partial charge in [0.1, 0.15) is 16.2 Å². The lowest BCUT2D eigenvalue weighted by atomic mass is 9.87.